The second-order valence-corrected chi connectivity index (χ2v) is 6.10. The number of rotatable bonds is 4. The average Bonchev–Trinajstić information content (AvgIpc) is 2.91. The van der Waals surface area contributed by atoms with Gasteiger partial charge in [0, 0.05) is 17.7 Å². The summed E-state index contributed by atoms with van der Waals surface area (Å²) in [4.78, 5) is 11.1. The minimum atomic E-state index is -1.14. The summed E-state index contributed by atoms with van der Waals surface area (Å²) in [5.41, 5.74) is 1.57. The first kappa shape index (κ1) is 15.2. The van der Waals surface area contributed by atoms with Gasteiger partial charge in [0.05, 0.1) is 0 Å². The molecule has 0 saturated carbocycles. The van der Waals surface area contributed by atoms with E-state index in [0.717, 1.165) is 11.6 Å². The number of carboxylic acids is 1. The molecule has 0 aliphatic rings. The Morgan fingerprint density at radius 2 is 1.96 bits per heavy atom. The molecule has 0 amide bonds. The van der Waals surface area contributed by atoms with Gasteiger partial charge in [0.2, 0.25) is 5.52 Å². The summed E-state index contributed by atoms with van der Waals surface area (Å²) in [5, 5.41) is 20.2. The maximum Gasteiger partial charge on any atom is 0.339 e. The zero-order valence-corrected chi connectivity index (χ0v) is 13.4. The molecule has 2 aromatic carbocycles. The first-order valence-electron chi connectivity index (χ1n) is 7.26. The second-order valence-electron chi connectivity index (χ2n) is 5.03. The second kappa shape index (κ2) is 6.22. The summed E-state index contributed by atoms with van der Waals surface area (Å²) in [7, 11) is 0. The first-order chi connectivity index (χ1) is 11.1. The number of aromatic carboxylic acids is 1. The van der Waals surface area contributed by atoms with Crippen molar-refractivity contribution in [3.8, 4) is 5.75 Å². The fraction of sp³-hybridized carbons (Fsp3) is 0.111. The highest BCUT2D eigenvalue weighted by atomic mass is 32.1. The van der Waals surface area contributed by atoms with Crippen LogP contribution in [0, 0.1) is 0 Å². The lowest BCUT2D eigenvalue weighted by Gasteiger charge is -2.02. The van der Waals surface area contributed by atoms with Crippen LogP contribution in [0.1, 0.15) is 27.9 Å². The largest absolute Gasteiger partial charge is 0.506 e. The molecular formula is C18H16NO3S+. The van der Waals surface area contributed by atoms with Crippen molar-refractivity contribution in [2.75, 3.05) is 0 Å². The number of carboxylic acid groups (broad SMARTS) is 1. The van der Waals surface area contributed by atoms with Crippen LogP contribution in [-0.4, -0.2) is 16.2 Å². The molecule has 1 heterocycles. The monoisotopic (exact) mass is 326 g/mol. The Kier molecular flexibility index (Phi) is 4.12. The number of hydrogen-bond acceptors (Lipinski definition) is 3. The molecule has 0 saturated heterocycles. The first-order valence-corrected chi connectivity index (χ1v) is 8.08. The van der Waals surface area contributed by atoms with Crippen molar-refractivity contribution < 1.29 is 19.6 Å². The molecule has 0 bridgehead atoms. The van der Waals surface area contributed by atoms with Crippen LogP contribution in [0.5, 0.6) is 5.75 Å². The van der Waals surface area contributed by atoms with Crippen molar-refractivity contribution in [2.24, 2.45) is 0 Å². The van der Waals surface area contributed by atoms with Gasteiger partial charge < -0.3 is 10.2 Å². The smallest absolute Gasteiger partial charge is 0.339 e. The third kappa shape index (κ3) is 2.83. The molecule has 0 unspecified atom stereocenters. The van der Waals surface area contributed by atoms with Gasteiger partial charge in [0.15, 0.2) is 0 Å². The highest BCUT2D eigenvalue weighted by Gasteiger charge is 2.16. The van der Waals surface area contributed by atoms with Crippen LogP contribution >= 0.6 is 11.3 Å². The summed E-state index contributed by atoms with van der Waals surface area (Å²) >= 11 is 1.66. The van der Waals surface area contributed by atoms with Crippen molar-refractivity contribution in [3.63, 3.8) is 0 Å². The molecule has 2 N–H and O–H groups in total. The van der Waals surface area contributed by atoms with Gasteiger partial charge in [-0.2, -0.15) is 4.57 Å². The molecule has 4 nitrogen and oxygen atoms in total. The molecule has 0 aliphatic heterocycles. The van der Waals surface area contributed by atoms with E-state index < -0.39 is 5.97 Å². The maximum absolute atomic E-state index is 11.1. The topological polar surface area (TPSA) is 61.4 Å². The molecule has 5 heteroatoms. The number of para-hydroxylation sites is 2. The standard InChI is InChI=1S/C18H15NO3S/c1-2-19-14-8-3-4-9-15(14)23-16(19)11-10-12-6-5-7-13(17(12)20)18(21)22/h3-11H,2H2,1H3,(H,21,22)/p+1. The van der Waals surface area contributed by atoms with E-state index in [4.69, 9.17) is 5.11 Å². The van der Waals surface area contributed by atoms with Gasteiger partial charge in [0.1, 0.15) is 22.6 Å². The zero-order chi connectivity index (χ0) is 16.4. The van der Waals surface area contributed by atoms with Crippen LogP contribution in [0.15, 0.2) is 42.5 Å². The van der Waals surface area contributed by atoms with Crippen LogP contribution in [0.3, 0.4) is 0 Å². The van der Waals surface area contributed by atoms with E-state index in [-0.39, 0.29) is 11.3 Å². The van der Waals surface area contributed by atoms with Gasteiger partial charge in [-0.3, -0.25) is 0 Å². The number of aromatic nitrogens is 1. The summed E-state index contributed by atoms with van der Waals surface area (Å²) in [5.74, 6) is -1.34. The van der Waals surface area contributed by atoms with Crippen molar-refractivity contribution in [3.05, 3.63) is 58.6 Å². The van der Waals surface area contributed by atoms with E-state index in [1.165, 1.54) is 16.3 Å². The number of nitrogens with zero attached hydrogens (tertiary/aromatic N) is 1. The number of hydrogen-bond donors (Lipinski definition) is 2. The van der Waals surface area contributed by atoms with Gasteiger partial charge in [0.25, 0.3) is 5.01 Å². The van der Waals surface area contributed by atoms with Crippen LogP contribution in [-0.2, 0) is 6.54 Å². The number of carbonyl (C=O) groups is 1. The molecule has 0 radical (unpaired) electrons. The average molecular weight is 326 g/mol. The molecule has 0 atom stereocenters. The normalized spacial score (nSPS) is 11.3. The third-order valence-electron chi connectivity index (χ3n) is 3.66. The summed E-state index contributed by atoms with van der Waals surface area (Å²) in [6.45, 7) is 2.92. The minimum absolute atomic E-state index is 0.0909. The summed E-state index contributed by atoms with van der Waals surface area (Å²) < 4.78 is 3.38. The van der Waals surface area contributed by atoms with Gasteiger partial charge >= 0.3 is 5.97 Å². The predicted molar refractivity (Wildman–Crippen MR) is 91.7 cm³/mol. The van der Waals surface area contributed by atoms with Crippen molar-refractivity contribution in [1.82, 2.24) is 0 Å². The van der Waals surface area contributed by atoms with Gasteiger partial charge in [-0.05, 0) is 25.1 Å². The fourth-order valence-electron chi connectivity index (χ4n) is 2.53. The molecule has 116 valence electrons. The van der Waals surface area contributed by atoms with Crippen LogP contribution in [0.4, 0.5) is 0 Å². The van der Waals surface area contributed by atoms with Crippen molar-refractivity contribution in [2.45, 2.75) is 13.5 Å². The lowest BCUT2D eigenvalue weighted by atomic mass is 10.1. The van der Waals surface area contributed by atoms with Crippen molar-refractivity contribution in [1.29, 1.82) is 0 Å². The van der Waals surface area contributed by atoms with E-state index in [9.17, 15) is 9.90 Å². The van der Waals surface area contributed by atoms with Gasteiger partial charge in [-0.25, -0.2) is 4.79 Å². The van der Waals surface area contributed by atoms with E-state index in [2.05, 4.69) is 23.6 Å². The van der Waals surface area contributed by atoms with E-state index >= 15 is 0 Å². The Bertz CT molecular complexity index is 912. The Morgan fingerprint density at radius 1 is 1.17 bits per heavy atom. The Labute approximate surface area is 137 Å². The zero-order valence-electron chi connectivity index (χ0n) is 12.6. The Hall–Kier alpha value is -2.66. The van der Waals surface area contributed by atoms with E-state index in [0.29, 0.717) is 5.56 Å². The quantitative estimate of drug-likeness (QED) is 0.717. The summed E-state index contributed by atoms with van der Waals surface area (Å²) in [6.07, 6.45) is 3.66. The molecule has 23 heavy (non-hydrogen) atoms. The Balaban J connectivity index is 2.04. The lowest BCUT2D eigenvalue weighted by molar-refractivity contribution is -0.665. The highest BCUT2D eigenvalue weighted by Crippen LogP contribution is 2.26. The molecule has 0 spiro atoms. The predicted octanol–water partition coefficient (Wildman–Crippen LogP) is 3.78. The number of thiazole rings is 1. The lowest BCUT2D eigenvalue weighted by Crippen LogP contribution is -2.33. The SMILES string of the molecule is CC[n+]1c(/C=C/c2cccc(C(=O)O)c2O)sc2ccccc21. The molecular weight excluding hydrogens is 310 g/mol. The van der Waals surface area contributed by atoms with Gasteiger partial charge in [-0.15, -0.1) is 0 Å². The number of benzene rings is 2. The molecule has 0 fully saturated rings. The van der Waals surface area contributed by atoms with E-state index in [1.807, 2.05) is 18.2 Å². The molecule has 3 rings (SSSR count). The third-order valence-corrected chi connectivity index (χ3v) is 4.79. The highest BCUT2D eigenvalue weighted by molar-refractivity contribution is 7.18. The number of phenols is 1. The summed E-state index contributed by atoms with van der Waals surface area (Å²) in [6, 6.07) is 12.9. The number of aromatic hydroxyl groups is 1. The molecule has 0 aliphatic carbocycles. The Morgan fingerprint density at radius 3 is 2.70 bits per heavy atom. The van der Waals surface area contributed by atoms with Gasteiger partial charge in [-0.1, -0.05) is 35.6 Å². The van der Waals surface area contributed by atoms with Crippen LogP contribution < -0.4 is 4.57 Å². The fourth-order valence-corrected chi connectivity index (χ4v) is 3.66. The maximum atomic E-state index is 11.1. The van der Waals surface area contributed by atoms with Crippen molar-refractivity contribution >= 4 is 39.7 Å². The van der Waals surface area contributed by atoms with Crippen LogP contribution in [0.2, 0.25) is 0 Å². The van der Waals surface area contributed by atoms with Crippen LogP contribution in [0.25, 0.3) is 22.4 Å². The molecule has 1 aromatic heterocycles. The number of fused-ring (bicyclic) bond motifs is 1. The molecule has 3 aromatic rings. The minimum Gasteiger partial charge on any atom is -0.506 e. The number of aryl methyl sites for hydroxylation is 1. The van der Waals surface area contributed by atoms with E-state index in [1.54, 1.807) is 29.5 Å².